The fourth-order valence-corrected chi connectivity index (χ4v) is 3.05. The van der Waals surface area contributed by atoms with Crippen molar-refractivity contribution in [3.05, 3.63) is 96.1 Å². The molecule has 9 heteroatoms. The largest absolute Gasteiger partial charge is 0.490 e. The van der Waals surface area contributed by atoms with Gasteiger partial charge < -0.3 is 20.1 Å². The summed E-state index contributed by atoms with van der Waals surface area (Å²) in [6, 6.07) is 19.1. The van der Waals surface area contributed by atoms with E-state index >= 15 is 0 Å². The minimum atomic E-state index is -0.918. The summed E-state index contributed by atoms with van der Waals surface area (Å²) >= 11 is 0. The van der Waals surface area contributed by atoms with Crippen molar-refractivity contribution in [2.24, 2.45) is 5.10 Å². The SMILES string of the molecule is C=CCOc1ccc(NC(=O)C(=O)N/N=C\c2ccc(OCC(=O)Nc3cc(C)ccc3C)cc2)cc1. The van der Waals surface area contributed by atoms with Crippen LogP contribution in [-0.4, -0.2) is 37.1 Å². The van der Waals surface area contributed by atoms with Gasteiger partial charge in [0.2, 0.25) is 0 Å². The minimum Gasteiger partial charge on any atom is -0.490 e. The summed E-state index contributed by atoms with van der Waals surface area (Å²) in [6.45, 7) is 7.68. The maximum absolute atomic E-state index is 12.2. The zero-order valence-electron chi connectivity index (χ0n) is 20.6. The number of carbonyl (C=O) groups excluding carboxylic acids is 3. The van der Waals surface area contributed by atoms with Gasteiger partial charge in [-0.15, -0.1) is 0 Å². The second kappa shape index (κ2) is 13.2. The molecule has 190 valence electrons. The van der Waals surface area contributed by atoms with Crippen LogP contribution < -0.4 is 25.5 Å². The summed E-state index contributed by atoms with van der Waals surface area (Å²) in [7, 11) is 0. The summed E-state index contributed by atoms with van der Waals surface area (Å²) in [5, 5.41) is 9.11. The molecule has 0 aliphatic carbocycles. The molecule has 3 N–H and O–H groups in total. The lowest BCUT2D eigenvalue weighted by atomic mass is 10.1. The van der Waals surface area contributed by atoms with Gasteiger partial charge in [-0.1, -0.05) is 24.8 Å². The minimum absolute atomic E-state index is 0.142. The van der Waals surface area contributed by atoms with E-state index in [4.69, 9.17) is 9.47 Å². The van der Waals surface area contributed by atoms with E-state index in [1.165, 1.54) is 6.21 Å². The number of benzene rings is 3. The molecule has 0 bridgehead atoms. The van der Waals surface area contributed by atoms with Crippen molar-refractivity contribution in [2.75, 3.05) is 23.8 Å². The maximum atomic E-state index is 12.2. The van der Waals surface area contributed by atoms with E-state index in [-0.39, 0.29) is 12.5 Å². The number of hydrazone groups is 1. The summed E-state index contributed by atoms with van der Waals surface area (Å²) in [5.41, 5.74) is 6.04. The van der Waals surface area contributed by atoms with Gasteiger partial charge in [0.25, 0.3) is 5.91 Å². The van der Waals surface area contributed by atoms with Gasteiger partial charge >= 0.3 is 11.8 Å². The van der Waals surface area contributed by atoms with Gasteiger partial charge in [0.15, 0.2) is 6.61 Å². The van der Waals surface area contributed by atoms with E-state index in [0.717, 1.165) is 16.8 Å². The molecule has 3 aromatic carbocycles. The van der Waals surface area contributed by atoms with Crippen LogP contribution in [-0.2, 0) is 14.4 Å². The molecule has 3 aromatic rings. The highest BCUT2D eigenvalue weighted by molar-refractivity contribution is 6.39. The number of nitrogens with zero attached hydrogens (tertiary/aromatic N) is 1. The average Bonchev–Trinajstić information content (AvgIpc) is 2.90. The van der Waals surface area contributed by atoms with Crippen molar-refractivity contribution in [3.63, 3.8) is 0 Å². The second-order valence-corrected chi connectivity index (χ2v) is 8.00. The number of rotatable bonds is 10. The first-order valence-corrected chi connectivity index (χ1v) is 11.4. The predicted octanol–water partition coefficient (Wildman–Crippen LogP) is 3.97. The molecule has 0 radical (unpaired) electrons. The van der Waals surface area contributed by atoms with E-state index in [9.17, 15) is 14.4 Å². The lowest BCUT2D eigenvalue weighted by Crippen LogP contribution is -2.32. The lowest BCUT2D eigenvalue weighted by Gasteiger charge is -2.10. The van der Waals surface area contributed by atoms with Crippen molar-refractivity contribution < 1.29 is 23.9 Å². The molecule has 0 spiro atoms. The predicted molar refractivity (Wildman–Crippen MR) is 143 cm³/mol. The lowest BCUT2D eigenvalue weighted by molar-refractivity contribution is -0.136. The number of aryl methyl sites for hydroxylation is 2. The van der Waals surface area contributed by atoms with E-state index in [1.807, 2.05) is 32.0 Å². The summed E-state index contributed by atoms with van der Waals surface area (Å²) < 4.78 is 10.9. The van der Waals surface area contributed by atoms with E-state index in [1.54, 1.807) is 54.6 Å². The standard InChI is InChI=1S/C28H28N4O5/c1-4-15-36-23-13-9-22(10-14-23)30-27(34)28(35)32-29-17-21-7-11-24(12-8-21)37-18-26(33)31-25-16-19(2)5-6-20(25)3/h4-14,16-17H,1,15,18H2,2-3H3,(H,30,34)(H,31,33)(H,32,35)/b29-17-. The quantitative estimate of drug-likeness (QED) is 0.168. The van der Waals surface area contributed by atoms with Crippen LogP contribution in [0.2, 0.25) is 0 Å². The molecule has 0 aliphatic rings. The van der Waals surface area contributed by atoms with Crippen LogP contribution in [0.3, 0.4) is 0 Å². The van der Waals surface area contributed by atoms with Crippen molar-refractivity contribution in [1.29, 1.82) is 0 Å². The first-order chi connectivity index (χ1) is 17.8. The molecule has 0 unspecified atom stereocenters. The highest BCUT2D eigenvalue weighted by Crippen LogP contribution is 2.17. The number of hydrogen-bond donors (Lipinski definition) is 3. The topological polar surface area (TPSA) is 118 Å². The molecule has 0 atom stereocenters. The molecule has 0 saturated carbocycles. The summed E-state index contributed by atoms with van der Waals surface area (Å²) in [5.74, 6) is -0.934. The molecule has 0 aromatic heterocycles. The smallest absolute Gasteiger partial charge is 0.329 e. The maximum Gasteiger partial charge on any atom is 0.329 e. The highest BCUT2D eigenvalue weighted by Gasteiger charge is 2.13. The van der Waals surface area contributed by atoms with Crippen molar-refractivity contribution >= 4 is 35.3 Å². The van der Waals surface area contributed by atoms with E-state index in [0.29, 0.717) is 29.4 Å². The van der Waals surface area contributed by atoms with Crippen LogP contribution in [0.15, 0.2) is 84.5 Å². The number of ether oxygens (including phenoxy) is 2. The third-order valence-corrected chi connectivity index (χ3v) is 4.98. The first kappa shape index (κ1) is 26.7. The van der Waals surface area contributed by atoms with Gasteiger partial charge in [-0.05, 0) is 85.1 Å². The van der Waals surface area contributed by atoms with Crippen LogP contribution in [0.5, 0.6) is 11.5 Å². The van der Waals surface area contributed by atoms with Gasteiger partial charge in [0, 0.05) is 11.4 Å². The third-order valence-electron chi connectivity index (χ3n) is 4.98. The van der Waals surface area contributed by atoms with Crippen LogP contribution >= 0.6 is 0 Å². The Labute approximate surface area is 215 Å². The van der Waals surface area contributed by atoms with Crippen LogP contribution in [0.1, 0.15) is 16.7 Å². The van der Waals surface area contributed by atoms with Crippen molar-refractivity contribution in [2.45, 2.75) is 13.8 Å². The number of amides is 3. The van der Waals surface area contributed by atoms with Gasteiger partial charge in [-0.2, -0.15) is 5.10 Å². The van der Waals surface area contributed by atoms with Gasteiger partial charge in [-0.3, -0.25) is 14.4 Å². The fraction of sp³-hybridized carbons (Fsp3) is 0.143. The summed E-state index contributed by atoms with van der Waals surface area (Å²) in [6.07, 6.45) is 3.01. The van der Waals surface area contributed by atoms with Crippen LogP contribution in [0.4, 0.5) is 11.4 Å². The van der Waals surface area contributed by atoms with Gasteiger partial charge in [-0.25, -0.2) is 5.43 Å². The molecular weight excluding hydrogens is 472 g/mol. The van der Waals surface area contributed by atoms with Gasteiger partial charge in [0.05, 0.1) is 6.21 Å². The molecule has 0 fully saturated rings. The fourth-order valence-electron chi connectivity index (χ4n) is 3.05. The Morgan fingerprint density at radius 3 is 2.24 bits per heavy atom. The first-order valence-electron chi connectivity index (χ1n) is 11.4. The Morgan fingerprint density at radius 2 is 1.54 bits per heavy atom. The summed E-state index contributed by atoms with van der Waals surface area (Å²) in [4.78, 5) is 36.2. The van der Waals surface area contributed by atoms with Gasteiger partial charge in [0.1, 0.15) is 18.1 Å². The average molecular weight is 501 g/mol. The molecular formula is C28H28N4O5. The molecule has 0 aliphatic heterocycles. The number of nitrogens with one attached hydrogen (secondary N) is 3. The van der Waals surface area contributed by atoms with Crippen LogP contribution in [0.25, 0.3) is 0 Å². The van der Waals surface area contributed by atoms with Crippen molar-refractivity contribution in [1.82, 2.24) is 5.43 Å². The van der Waals surface area contributed by atoms with Crippen molar-refractivity contribution in [3.8, 4) is 11.5 Å². The molecule has 9 nitrogen and oxygen atoms in total. The van der Waals surface area contributed by atoms with Crippen LogP contribution in [0, 0.1) is 13.8 Å². The molecule has 0 saturated heterocycles. The Hall–Kier alpha value is -4.92. The normalized spacial score (nSPS) is 10.4. The number of hydrogen-bond acceptors (Lipinski definition) is 6. The van der Waals surface area contributed by atoms with E-state index in [2.05, 4.69) is 27.7 Å². The Balaban J connectivity index is 1.42. The molecule has 3 amide bonds. The zero-order valence-corrected chi connectivity index (χ0v) is 20.6. The Kier molecular flexibility index (Phi) is 9.55. The molecule has 0 heterocycles. The second-order valence-electron chi connectivity index (χ2n) is 8.00. The number of carbonyl (C=O) groups is 3. The van der Waals surface area contributed by atoms with E-state index < -0.39 is 11.8 Å². The number of anilines is 2. The zero-order chi connectivity index (χ0) is 26.6. The monoisotopic (exact) mass is 500 g/mol. The Bertz CT molecular complexity index is 1280. The third kappa shape index (κ3) is 8.66. The molecule has 3 rings (SSSR count). The Morgan fingerprint density at radius 1 is 0.865 bits per heavy atom. The highest BCUT2D eigenvalue weighted by atomic mass is 16.5. The molecule has 37 heavy (non-hydrogen) atoms.